The lowest BCUT2D eigenvalue weighted by Crippen LogP contribution is -2.28. The highest BCUT2D eigenvalue weighted by molar-refractivity contribution is 9.10. The minimum Gasteiger partial charge on any atom is -0.303 e. The van der Waals surface area contributed by atoms with E-state index in [1.54, 1.807) is 0 Å². The molecular formula is C15H20BrNO. The lowest BCUT2D eigenvalue weighted by atomic mass is 10.1. The Kier molecular flexibility index (Phi) is 4.95. The fraction of sp³-hybridized carbons (Fsp3) is 0.533. The van der Waals surface area contributed by atoms with Crippen LogP contribution in [0.5, 0.6) is 0 Å². The standard InChI is InChI=1S/C15H20BrNO/c1-2-17(11-12-6-7-12)9-8-15(18)13-4-3-5-14(16)10-13/h3-5,10,12H,2,6-9,11H2,1H3. The lowest BCUT2D eigenvalue weighted by Gasteiger charge is -2.19. The summed E-state index contributed by atoms with van der Waals surface area (Å²) in [5.74, 6) is 1.14. The third-order valence-corrected chi connectivity index (χ3v) is 3.96. The summed E-state index contributed by atoms with van der Waals surface area (Å²) in [6.07, 6.45) is 3.36. The first-order chi connectivity index (χ1) is 8.69. The second-order valence-corrected chi connectivity index (χ2v) is 5.94. The maximum Gasteiger partial charge on any atom is 0.164 e. The summed E-state index contributed by atoms with van der Waals surface area (Å²) < 4.78 is 0.971. The second-order valence-electron chi connectivity index (χ2n) is 5.02. The Bertz CT molecular complexity index is 415. The van der Waals surface area contributed by atoms with Gasteiger partial charge in [0.25, 0.3) is 0 Å². The van der Waals surface area contributed by atoms with Gasteiger partial charge < -0.3 is 4.90 Å². The Balaban J connectivity index is 1.82. The average Bonchev–Trinajstić information content (AvgIpc) is 3.18. The second kappa shape index (κ2) is 6.48. The molecule has 0 radical (unpaired) electrons. The van der Waals surface area contributed by atoms with Crippen LogP contribution in [0.25, 0.3) is 0 Å². The van der Waals surface area contributed by atoms with Gasteiger partial charge in [-0.3, -0.25) is 4.79 Å². The number of rotatable bonds is 7. The molecule has 0 unspecified atom stereocenters. The van der Waals surface area contributed by atoms with Crippen LogP contribution in [0.3, 0.4) is 0 Å². The molecule has 0 atom stereocenters. The van der Waals surface area contributed by atoms with Crippen LogP contribution in [-0.2, 0) is 0 Å². The maximum absolute atomic E-state index is 12.1. The van der Waals surface area contributed by atoms with Gasteiger partial charge in [-0.15, -0.1) is 0 Å². The van der Waals surface area contributed by atoms with Crippen LogP contribution < -0.4 is 0 Å². The molecule has 1 aliphatic rings. The molecule has 18 heavy (non-hydrogen) atoms. The van der Waals surface area contributed by atoms with Crippen molar-refractivity contribution in [3.8, 4) is 0 Å². The van der Waals surface area contributed by atoms with Crippen LogP contribution in [0, 0.1) is 5.92 Å². The smallest absolute Gasteiger partial charge is 0.164 e. The fourth-order valence-corrected chi connectivity index (χ4v) is 2.51. The number of carbonyl (C=O) groups excluding carboxylic acids is 1. The molecule has 0 N–H and O–H groups in total. The van der Waals surface area contributed by atoms with E-state index in [0.29, 0.717) is 6.42 Å². The Morgan fingerprint density at radius 2 is 2.22 bits per heavy atom. The number of hydrogen-bond acceptors (Lipinski definition) is 2. The molecule has 2 rings (SSSR count). The van der Waals surface area contributed by atoms with Crippen LogP contribution in [-0.4, -0.2) is 30.3 Å². The summed E-state index contributed by atoms with van der Waals surface area (Å²) in [4.78, 5) is 14.5. The summed E-state index contributed by atoms with van der Waals surface area (Å²) >= 11 is 3.40. The Morgan fingerprint density at radius 3 is 2.83 bits per heavy atom. The van der Waals surface area contributed by atoms with Gasteiger partial charge in [0.15, 0.2) is 5.78 Å². The van der Waals surface area contributed by atoms with E-state index in [-0.39, 0.29) is 5.78 Å². The van der Waals surface area contributed by atoms with Crippen LogP contribution >= 0.6 is 15.9 Å². The van der Waals surface area contributed by atoms with E-state index in [1.165, 1.54) is 19.4 Å². The van der Waals surface area contributed by atoms with Gasteiger partial charge in [0.2, 0.25) is 0 Å². The Morgan fingerprint density at radius 1 is 1.44 bits per heavy atom. The quantitative estimate of drug-likeness (QED) is 0.715. The molecule has 0 heterocycles. The van der Waals surface area contributed by atoms with Gasteiger partial charge in [0.05, 0.1) is 0 Å². The van der Waals surface area contributed by atoms with E-state index in [9.17, 15) is 4.79 Å². The largest absolute Gasteiger partial charge is 0.303 e. The number of halogens is 1. The number of benzene rings is 1. The molecule has 0 spiro atoms. The molecule has 1 fully saturated rings. The highest BCUT2D eigenvalue weighted by Crippen LogP contribution is 2.29. The van der Waals surface area contributed by atoms with Crippen LogP contribution in [0.1, 0.15) is 36.5 Å². The van der Waals surface area contributed by atoms with Crippen molar-refractivity contribution in [2.75, 3.05) is 19.6 Å². The third-order valence-electron chi connectivity index (χ3n) is 3.46. The van der Waals surface area contributed by atoms with Gasteiger partial charge in [-0.2, -0.15) is 0 Å². The summed E-state index contributed by atoms with van der Waals surface area (Å²) in [6, 6.07) is 7.66. The fourth-order valence-electron chi connectivity index (χ4n) is 2.11. The summed E-state index contributed by atoms with van der Waals surface area (Å²) in [6.45, 7) is 5.27. The summed E-state index contributed by atoms with van der Waals surface area (Å²) in [5.41, 5.74) is 0.812. The Hall–Kier alpha value is -0.670. The van der Waals surface area contributed by atoms with Crippen LogP contribution in [0.2, 0.25) is 0 Å². The molecule has 1 aromatic rings. The molecule has 1 aromatic carbocycles. The van der Waals surface area contributed by atoms with E-state index < -0.39 is 0 Å². The summed E-state index contributed by atoms with van der Waals surface area (Å²) in [5, 5.41) is 0. The zero-order valence-electron chi connectivity index (χ0n) is 10.9. The zero-order valence-corrected chi connectivity index (χ0v) is 12.4. The van der Waals surface area contributed by atoms with Gasteiger partial charge >= 0.3 is 0 Å². The first-order valence-corrected chi connectivity index (χ1v) is 7.49. The van der Waals surface area contributed by atoms with Gasteiger partial charge in [0, 0.05) is 29.5 Å². The molecule has 1 saturated carbocycles. The molecule has 0 aliphatic heterocycles. The van der Waals surface area contributed by atoms with Crippen molar-refractivity contribution in [1.29, 1.82) is 0 Å². The summed E-state index contributed by atoms with van der Waals surface area (Å²) in [7, 11) is 0. The number of hydrogen-bond donors (Lipinski definition) is 0. The SMILES string of the molecule is CCN(CCC(=O)c1cccc(Br)c1)CC1CC1. The predicted octanol–water partition coefficient (Wildman–Crippen LogP) is 3.75. The predicted molar refractivity (Wildman–Crippen MR) is 77.9 cm³/mol. The van der Waals surface area contributed by atoms with E-state index >= 15 is 0 Å². The van der Waals surface area contributed by atoms with Crippen molar-refractivity contribution < 1.29 is 4.79 Å². The van der Waals surface area contributed by atoms with Gasteiger partial charge in [0.1, 0.15) is 0 Å². The third kappa shape index (κ3) is 4.21. The van der Waals surface area contributed by atoms with Crippen LogP contribution in [0.15, 0.2) is 28.7 Å². The van der Waals surface area contributed by atoms with Crippen molar-refractivity contribution >= 4 is 21.7 Å². The van der Waals surface area contributed by atoms with Crippen molar-refractivity contribution in [2.24, 2.45) is 5.92 Å². The van der Waals surface area contributed by atoms with Crippen molar-refractivity contribution in [3.63, 3.8) is 0 Å². The number of ketones is 1. The number of nitrogens with zero attached hydrogens (tertiary/aromatic N) is 1. The van der Waals surface area contributed by atoms with E-state index in [2.05, 4.69) is 27.8 Å². The molecule has 0 aromatic heterocycles. The van der Waals surface area contributed by atoms with Crippen molar-refractivity contribution in [2.45, 2.75) is 26.2 Å². The minimum absolute atomic E-state index is 0.241. The van der Waals surface area contributed by atoms with Gasteiger partial charge in [-0.05, 0) is 37.4 Å². The van der Waals surface area contributed by atoms with Gasteiger partial charge in [-0.1, -0.05) is 35.0 Å². The molecular weight excluding hydrogens is 290 g/mol. The molecule has 0 amide bonds. The van der Waals surface area contributed by atoms with Crippen molar-refractivity contribution in [1.82, 2.24) is 4.90 Å². The highest BCUT2D eigenvalue weighted by Gasteiger charge is 2.23. The Labute approximate surface area is 117 Å². The van der Waals surface area contributed by atoms with E-state index in [4.69, 9.17) is 0 Å². The van der Waals surface area contributed by atoms with Crippen LogP contribution in [0.4, 0.5) is 0 Å². The first-order valence-electron chi connectivity index (χ1n) is 6.70. The average molecular weight is 310 g/mol. The molecule has 2 nitrogen and oxygen atoms in total. The first kappa shape index (κ1) is 13.8. The van der Waals surface area contributed by atoms with E-state index in [1.807, 2.05) is 24.3 Å². The van der Waals surface area contributed by atoms with Crippen molar-refractivity contribution in [3.05, 3.63) is 34.3 Å². The monoisotopic (exact) mass is 309 g/mol. The molecule has 0 saturated heterocycles. The normalized spacial score (nSPS) is 15.1. The van der Waals surface area contributed by atoms with Gasteiger partial charge in [-0.25, -0.2) is 0 Å². The molecule has 1 aliphatic carbocycles. The minimum atomic E-state index is 0.241. The molecule has 3 heteroatoms. The maximum atomic E-state index is 12.1. The zero-order chi connectivity index (χ0) is 13.0. The highest BCUT2D eigenvalue weighted by atomic mass is 79.9. The molecule has 0 bridgehead atoms. The number of Topliss-reactive ketones (excluding diaryl/α,β-unsaturated/α-hetero) is 1. The topological polar surface area (TPSA) is 20.3 Å². The number of carbonyl (C=O) groups is 1. The molecule has 98 valence electrons. The lowest BCUT2D eigenvalue weighted by molar-refractivity contribution is 0.0964. The van der Waals surface area contributed by atoms with E-state index in [0.717, 1.165) is 29.0 Å².